The summed E-state index contributed by atoms with van der Waals surface area (Å²) in [5.74, 6) is 1.32. The van der Waals surface area contributed by atoms with Crippen molar-refractivity contribution in [1.82, 2.24) is 0 Å². The fraction of sp³-hybridized carbons (Fsp3) is 0.125. The van der Waals surface area contributed by atoms with E-state index >= 15 is 0 Å². The third-order valence-corrected chi connectivity index (χ3v) is 4.04. The Morgan fingerprint density at radius 2 is 1.66 bits per heavy atom. The molecular weight excluding hydrogens is 364 g/mol. The van der Waals surface area contributed by atoms with Crippen molar-refractivity contribution in [3.8, 4) is 11.5 Å². The summed E-state index contributed by atoms with van der Waals surface area (Å²) >= 11 is 0. The maximum Gasteiger partial charge on any atom is 0.243 e. The first-order chi connectivity index (χ1) is 14.2. The molecule has 0 heterocycles. The average Bonchev–Trinajstić information content (AvgIpc) is 2.76. The van der Waals surface area contributed by atoms with Gasteiger partial charge < -0.3 is 20.1 Å². The van der Waals surface area contributed by atoms with Gasteiger partial charge in [0.15, 0.2) is 0 Å². The zero-order chi connectivity index (χ0) is 20.3. The molecule has 0 bridgehead atoms. The van der Waals surface area contributed by atoms with Gasteiger partial charge in [-0.3, -0.25) is 4.79 Å². The van der Waals surface area contributed by atoms with Crippen LogP contribution in [0.25, 0.3) is 0 Å². The van der Waals surface area contributed by atoms with Crippen molar-refractivity contribution < 1.29 is 14.3 Å². The fourth-order valence-electron chi connectivity index (χ4n) is 2.62. The number of amides is 1. The molecule has 0 fully saturated rings. The Labute approximate surface area is 171 Å². The van der Waals surface area contributed by atoms with Gasteiger partial charge in [-0.2, -0.15) is 0 Å². The van der Waals surface area contributed by atoms with Gasteiger partial charge in [0.25, 0.3) is 0 Å². The third kappa shape index (κ3) is 6.74. The highest BCUT2D eigenvalue weighted by molar-refractivity contribution is 5.93. The van der Waals surface area contributed by atoms with E-state index in [1.807, 2.05) is 78.9 Å². The quantitative estimate of drug-likeness (QED) is 0.486. The number of nitrogens with one attached hydrogen (secondary N) is 2. The van der Waals surface area contributed by atoms with Crippen molar-refractivity contribution in [3.63, 3.8) is 0 Å². The first-order valence-corrected chi connectivity index (χ1v) is 9.37. The van der Waals surface area contributed by atoms with E-state index in [-0.39, 0.29) is 12.5 Å². The van der Waals surface area contributed by atoms with Gasteiger partial charge in [0.2, 0.25) is 5.91 Å². The molecule has 0 radical (unpaired) electrons. The molecule has 5 heteroatoms. The van der Waals surface area contributed by atoms with Gasteiger partial charge in [-0.15, -0.1) is 0 Å². The summed E-state index contributed by atoms with van der Waals surface area (Å²) in [6.07, 6.45) is 1.69. The Balaban J connectivity index is 1.47. The van der Waals surface area contributed by atoms with Crippen LogP contribution in [0.3, 0.4) is 0 Å². The Bertz CT molecular complexity index is 924. The number of anilines is 2. The summed E-state index contributed by atoms with van der Waals surface area (Å²) in [5.41, 5.74) is 2.62. The predicted octanol–water partition coefficient (Wildman–Crippen LogP) is 4.88. The second-order valence-corrected chi connectivity index (χ2v) is 6.33. The maximum absolute atomic E-state index is 12.2. The Kier molecular flexibility index (Phi) is 7.29. The normalized spacial score (nSPS) is 10.1. The van der Waals surface area contributed by atoms with Crippen LogP contribution >= 0.6 is 0 Å². The lowest BCUT2D eigenvalue weighted by atomic mass is 10.2. The highest BCUT2D eigenvalue weighted by Gasteiger charge is 2.04. The summed E-state index contributed by atoms with van der Waals surface area (Å²) in [6, 6.07) is 24.7. The molecule has 0 unspecified atom stereocenters. The minimum Gasteiger partial charge on any atom is -0.490 e. The highest BCUT2D eigenvalue weighted by atomic mass is 16.5. The molecule has 3 aromatic rings. The fourth-order valence-corrected chi connectivity index (χ4v) is 2.62. The van der Waals surface area contributed by atoms with Crippen LogP contribution in [0.4, 0.5) is 11.4 Å². The summed E-state index contributed by atoms with van der Waals surface area (Å²) in [7, 11) is 0. The zero-order valence-electron chi connectivity index (χ0n) is 16.1. The lowest BCUT2D eigenvalue weighted by Gasteiger charge is -2.11. The minimum atomic E-state index is -0.141. The first-order valence-electron chi connectivity index (χ1n) is 9.37. The first kappa shape index (κ1) is 20.0. The monoisotopic (exact) mass is 388 g/mol. The molecule has 0 saturated heterocycles. The van der Waals surface area contributed by atoms with Gasteiger partial charge in [0, 0.05) is 17.4 Å². The molecule has 0 aromatic heterocycles. The van der Waals surface area contributed by atoms with Gasteiger partial charge in [0.05, 0.1) is 6.54 Å². The standard InChI is InChI=1S/C24H24N2O3/c1-2-15-28-22-13-11-20(12-14-22)25-17-24(27)26-21-9-6-10-23(16-21)29-18-19-7-4-3-5-8-19/h2-14,16,25H,1,15,17-18H2,(H,26,27). The molecule has 0 aliphatic heterocycles. The van der Waals surface area contributed by atoms with Crippen LogP contribution in [-0.4, -0.2) is 19.1 Å². The Hall–Kier alpha value is -3.73. The van der Waals surface area contributed by atoms with Gasteiger partial charge in [-0.1, -0.05) is 49.1 Å². The maximum atomic E-state index is 12.2. The van der Waals surface area contributed by atoms with E-state index in [2.05, 4.69) is 17.2 Å². The van der Waals surface area contributed by atoms with E-state index in [0.29, 0.717) is 24.7 Å². The van der Waals surface area contributed by atoms with E-state index in [4.69, 9.17) is 9.47 Å². The van der Waals surface area contributed by atoms with E-state index in [1.165, 1.54) is 0 Å². The molecule has 0 aliphatic rings. The molecular formula is C24H24N2O3. The number of ether oxygens (including phenoxy) is 2. The number of rotatable bonds is 10. The number of benzene rings is 3. The third-order valence-electron chi connectivity index (χ3n) is 4.04. The molecule has 0 atom stereocenters. The molecule has 148 valence electrons. The van der Waals surface area contributed by atoms with E-state index in [1.54, 1.807) is 6.08 Å². The lowest BCUT2D eigenvalue weighted by Crippen LogP contribution is -2.21. The van der Waals surface area contributed by atoms with Crippen molar-refractivity contribution >= 4 is 17.3 Å². The van der Waals surface area contributed by atoms with Crippen LogP contribution in [-0.2, 0) is 11.4 Å². The number of carbonyl (C=O) groups excluding carboxylic acids is 1. The van der Waals surface area contributed by atoms with Gasteiger partial charge in [-0.05, 0) is 42.0 Å². The SMILES string of the molecule is C=CCOc1ccc(NCC(=O)Nc2cccc(OCc3ccccc3)c2)cc1. The molecule has 29 heavy (non-hydrogen) atoms. The van der Waals surface area contributed by atoms with Gasteiger partial charge in [0.1, 0.15) is 24.7 Å². The average molecular weight is 388 g/mol. The molecule has 5 nitrogen and oxygen atoms in total. The second kappa shape index (κ2) is 10.6. The number of hydrogen-bond donors (Lipinski definition) is 2. The van der Waals surface area contributed by atoms with E-state index in [0.717, 1.165) is 17.0 Å². The van der Waals surface area contributed by atoms with Gasteiger partial charge in [-0.25, -0.2) is 0 Å². The van der Waals surface area contributed by atoms with Crippen molar-refractivity contribution in [2.45, 2.75) is 6.61 Å². The second-order valence-electron chi connectivity index (χ2n) is 6.33. The molecule has 1 amide bonds. The van der Waals surface area contributed by atoms with Crippen molar-refractivity contribution in [1.29, 1.82) is 0 Å². The van der Waals surface area contributed by atoms with Crippen molar-refractivity contribution in [2.75, 3.05) is 23.8 Å². The van der Waals surface area contributed by atoms with Crippen molar-refractivity contribution in [2.24, 2.45) is 0 Å². The highest BCUT2D eigenvalue weighted by Crippen LogP contribution is 2.19. The molecule has 0 aliphatic carbocycles. The molecule has 0 saturated carbocycles. The molecule has 0 spiro atoms. The molecule has 3 aromatic carbocycles. The molecule has 2 N–H and O–H groups in total. The van der Waals surface area contributed by atoms with Crippen LogP contribution in [0.1, 0.15) is 5.56 Å². The summed E-state index contributed by atoms with van der Waals surface area (Å²) in [5, 5.41) is 5.96. The lowest BCUT2D eigenvalue weighted by molar-refractivity contribution is -0.114. The van der Waals surface area contributed by atoms with Crippen molar-refractivity contribution in [3.05, 3.63) is 97.1 Å². The smallest absolute Gasteiger partial charge is 0.243 e. The summed E-state index contributed by atoms with van der Waals surface area (Å²) in [4.78, 5) is 12.2. The molecule has 3 rings (SSSR count). The Morgan fingerprint density at radius 1 is 0.862 bits per heavy atom. The van der Waals surface area contributed by atoms with Crippen LogP contribution in [0, 0.1) is 0 Å². The van der Waals surface area contributed by atoms with Crippen LogP contribution in [0.15, 0.2) is 91.5 Å². The number of carbonyl (C=O) groups is 1. The Morgan fingerprint density at radius 3 is 2.41 bits per heavy atom. The van der Waals surface area contributed by atoms with Crippen LogP contribution in [0.5, 0.6) is 11.5 Å². The van der Waals surface area contributed by atoms with E-state index in [9.17, 15) is 4.79 Å². The summed E-state index contributed by atoms with van der Waals surface area (Å²) < 4.78 is 11.2. The number of hydrogen-bond acceptors (Lipinski definition) is 4. The topological polar surface area (TPSA) is 59.6 Å². The van der Waals surface area contributed by atoms with Crippen LogP contribution in [0.2, 0.25) is 0 Å². The van der Waals surface area contributed by atoms with Crippen LogP contribution < -0.4 is 20.1 Å². The van der Waals surface area contributed by atoms with Gasteiger partial charge >= 0.3 is 0 Å². The summed E-state index contributed by atoms with van der Waals surface area (Å²) in [6.45, 7) is 4.71. The zero-order valence-corrected chi connectivity index (χ0v) is 16.1. The predicted molar refractivity (Wildman–Crippen MR) is 116 cm³/mol. The largest absolute Gasteiger partial charge is 0.490 e. The minimum absolute atomic E-state index is 0.141. The van der Waals surface area contributed by atoms with E-state index < -0.39 is 0 Å².